The predicted octanol–water partition coefficient (Wildman–Crippen LogP) is -1.29. The second-order valence-electron chi connectivity index (χ2n) is 4.50. The molecule has 2 N–H and O–H groups in total. The number of ether oxygens (including phenoxy) is 1. The van der Waals surface area contributed by atoms with Gasteiger partial charge in [-0.3, -0.25) is 14.5 Å². The largest absolute Gasteiger partial charge is 0.376 e. The van der Waals surface area contributed by atoms with Gasteiger partial charge in [0.05, 0.1) is 19.2 Å². The molecule has 2 aliphatic heterocycles. The highest BCUT2D eigenvalue weighted by Crippen LogP contribution is 2.10. The van der Waals surface area contributed by atoms with Crippen LogP contribution in [0.3, 0.4) is 0 Å². The summed E-state index contributed by atoms with van der Waals surface area (Å²) >= 11 is 0. The van der Waals surface area contributed by atoms with Crippen LogP contribution >= 0.6 is 0 Å². The summed E-state index contributed by atoms with van der Waals surface area (Å²) in [4.78, 5) is 24.6. The molecule has 2 saturated heterocycles. The lowest BCUT2D eigenvalue weighted by Crippen LogP contribution is -2.51. The summed E-state index contributed by atoms with van der Waals surface area (Å²) in [6, 6.07) is 0. The fourth-order valence-electron chi connectivity index (χ4n) is 2.12. The first-order chi connectivity index (χ1) is 8.24. The molecule has 0 aromatic heterocycles. The fourth-order valence-corrected chi connectivity index (χ4v) is 2.12. The summed E-state index contributed by atoms with van der Waals surface area (Å²) in [6.07, 6.45) is 2.27. The van der Waals surface area contributed by atoms with Gasteiger partial charge in [0, 0.05) is 26.2 Å². The smallest absolute Gasteiger partial charge is 0.234 e. The summed E-state index contributed by atoms with van der Waals surface area (Å²) < 4.78 is 5.42. The van der Waals surface area contributed by atoms with Crippen LogP contribution < -0.4 is 10.6 Å². The molecule has 17 heavy (non-hydrogen) atoms. The first kappa shape index (κ1) is 12.3. The number of piperazine rings is 1. The number of nitrogens with one attached hydrogen (secondary N) is 2. The molecule has 2 amide bonds. The van der Waals surface area contributed by atoms with Crippen molar-refractivity contribution in [2.75, 3.05) is 39.3 Å². The normalized spacial score (nSPS) is 25.6. The zero-order valence-electron chi connectivity index (χ0n) is 9.91. The lowest BCUT2D eigenvalue weighted by atomic mass is 10.2. The fraction of sp³-hybridized carbons (Fsp3) is 0.818. The van der Waals surface area contributed by atoms with Gasteiger partial charge in [0.2, 0.25) is 11.8 Å². The van der Waals surface area contributed by atoms with Crippen LogP contribution in [0.5, 0.6) is 0 Å². The van der Waals surface area contributed by atoms with Crippen LogP contribution in [-0.2, 0) is 14.3 Å². The highest BCUT2D eigenvalue weighted by Gasteiger charge is 2.20. The maximum Gasteiger partial charge on any atom is 0.234 e. The van der Waals surface area contributed by atoms with E-state index in [1.54, 1.807) is 0 Å². The summed E-state index contributed by atoms with van der Waals surface area (Å²) in [5.74, 6) is -0.0432. The van der Waals surface area contributed by atoms with E-state index in [0.717, 1.165) is 26.0 Å². The Morgan fingerprint density at radius 2 is 2.47 bits per heavy atom. The molecule has 0 radical (unpaired) electrons. The average molecular weight is 241 g/mol. The molecule has 0 saturated carbocycles. The third-order valence-corrected chi connectivity index (χ3v) is 3.04. The summed E-state index contributed by atoms with van der Waals surface area (Å²) in [7, 11) is 0. The van der Waals surface area contributed by atoms with Gasteiger partial charge in [-0.1, -0.05) is 0 Å². The number of carbonyl (C=O) groups excluding carboxylic acids is 2. The van der Waals surface area contributed by atoms with Crippen LogP contribution in [0.25, 0.3) is 0 Å². The molecule has 2 aliphatic rings. The maximum atomic E-state index is 11.6. The van der Waals surface area contributed by atoms with Crippen LogP contribution in [0.2, 0.25) is 0 Å². The first-order valence-corrected chi connectivity index (χ1v) is 6.11. The third kappa shape index (κ3) is 3.98. The topological polar surface area (TPSA) is 70.7 Å². The highest BCUT2D eigenvalue weighted by atomic mass is 16.5. The Morgan fingerprint density at radius 3 is 3.18 bits per heavy atom. The van der Waals surface area contributed by atoms with E-state index in [-0.39, 0.29) is 17.9 Å². The number of amides is 2. The molecule has 96 valence electrons. The lowest BCUT2D eigenvalue weighted by Gasteiger charge is -2.25. The van der Waals surface area contributed by atoms with E-state index in [1.165, 1.54) is 0 Å². The van der Waals surface area contributed by atoms with Crippen molar-refractivity contribution in [2.45, 2.75) is 18.9 Å². The Balaban J connectivity index is 1.64. The first-order valence-electron chi connectivity index (χ1n) is 6.11. The molecule has 0 spiro atoms. The molecule has 2 rings (SSSR count). The maximum absolute atomic E-state index is 11.6. The second kappa shape index (κ2) is 5.97. The summed E-state index contributed by atoms with van der Waals surface area (Å²) in [5, 5.41) is 5.58. The van der Waals surface area contributed by atoms with Gasteiger partial charge in [-0.05, 0) is 12.8 Å². The zero-order valence-corrected chi connectivity index (χ0v) is 9.91. The molecule has 0 bridgehead atoms. The summed E-state index contributed by atoms with van der Waals surface area (Å²) in [6.45, 7) is 3.34. The number of hydrogen-bond acceptors (Lipinski definition) is 4. The van der Waals surface area contributed by atoms with Gasteiger partial charge in [0.1, 0.15) is 0 Å². The molecule has 2 fully saturated rings. The molecule has 2 heterocycles. The monoisotopic (exact) mass is 241 g/mol. The molecular weight excluding hydrogens is 222 g/mol. The Labute approximate surface area is 101 Å². The Kier molecular flexibility index (Phi) is 4.33. The lowest BCUT2D eigenvalue weighted by molar-refractivity contribution is -0.127. The van der Waals surface area contributed by atoms with Crippen molar-refractivity contribution >= 4 is 11.8 Å². The minimum Gasteiger partial charge on any atom is -0.376 e. The van der Waals surface area contributed by atoms with Gasteiger partial charge in [0.25, 0.3) is 0 Å². The van der Waals surface area contributed by atoms with Gasteiger partial charge in [-0.2, -0.15) is 0 Å². The number of nitrogens with zero attached hydrogens (tertiary/aromatic N) is 1. The number of hydrogen-bond donors (Lipinski definition) is 2. The van der Waals surface area contributed by atoms with Crippen LogP contribution in [-0.4, -0.2) is 62.1 Å². The Hall–Kier alpha value is -1.14. The van der Waals surface area contributed by atoms with Crippen molar-refractivity contribution in [1.29, 1.82) is 0 Å². The van der Waals surface area contributed by atoms with Crippen molar-refractivity contribution in [2.24, 2.45) is 0 Å². The molecule has 1 atom stereocenters. The van der Waals surface area contributed by atoms with Crippen molar-refractivity contribution in [3.63, 3.8) is 0 Å². The molecular formula is C11H19N3O3. The van der Waals surface area contributed by atoms with E-state index in [2.05, 4.69) is 10.6 Å². The van der Waals surface area contributed by atoms with E-state index in [1.807, 2.05) is 4.90 Å². The predicted molar refractivity (Wildman–Crippen MR) is 61.4 cm³/mol. The van der Waals surface area contributed by atoms with Crippen molar-refractivity contribution in [3.8, 4) is 0 Å². The number of rotatable bonds is 4. The Bertz CT molecular complexity index is 290. The van der Waals surface area contributed by atoms with Crippen LogP contribution in [0, 0.1) is 0 Å². The summed E-state index contributed by atoms with van der Waals surface area (Å²) in [5.41, 5.74) is 0. The number of carbonyl (C=O) groups is 2. The minimum absolute atomic E-state index is 0.0109. The van der Waals surface area contributed by atoms with Gasteiger partial charge in [0.15, 0.2) is 0 Å². The van der Waals surface area contributed by atoms with Gasteiger partial charge < -0.3 is 15.4 Å². The van der Waals surface area contributed by atoms with Gasteiger partial charge in [-0.25, -0.2) is 0 Å². The molecule has 0 aromatic carbocycles. The standard InChI is InChI=1S/C11H19N3O3/c15-10-7-14(4-3-12-10)8-11(16)13-6-9-2-1-5-17-9/h9H,1-8H2,(H,12,15)(H,13,16). The molecule has 6 heteroatoms. The zero-order chi connectivity index (χ0) is 12.1. The van der Waals surface area contributed by atoms with E-state index in [4.69, 9.17) is 4.74 Å². The van der Waals surface area contributed by atoms with E-state index in [9.17, 15) is 9.59 Å². The van der Waals surface area contributed by atoms with E-state index in [0.29, 0.717) is 26.2 Å². The van der Waals surface area contributed by atoms with Gasteiger partial charge >= 0.3 is 0 Å². The van der Waals surface area contributed by atoms with Crippen LogP contribution in [0.1, 0.15) is 12.8 Å². The van der Waals surface area contributed by atoms with Crippen LogP contribution in [0.4, 0.5) is 0 Å². The Morgan fingerprint density at radius 1 is 1.59 bits per heavy atom. The second-order valence-corrected chi connectivity index (χ2v) is 4.50. The molecule has 0 aromatic rings. The van der Waals surface area contributed by atoms with Crippen molar-refractivity contribution in [1.82, 2.24) is 15.5 Å². The quantitative estimate of drug-likeness (QED) is 0.643. The highest BCUT2D eigenvalue weighted by molar-refractivity contribution is 5.81. The van der Waals surface area contributed by atoms with Crippen molar-refractivity contribution in [3.05, 3.63) is 0 Å². The molecule has 1 unspecified atom stereocenters. The SMILES string of the molecule is O=C1CN(CC(=O)NCC2CCCO2)CCN1. The molecule has 6 nitrogen and oxygen atoms in total. The van der Waals surface area contributed by atoms with Crippen molar-refractivity contribution < 1.29 is 14.3 Å². The average Bonchev–Trinajstić information content (AvgIpc) is 2.79. The molecule has 0 aliphatic carbocycles. The minimum atomic E-state index is -0.0322. The van der Waals surface area contributed by atoms with E-state index < -0.39 is 0 Å². The van der Waals surface area contributed by atoms with Gasteiger partial charge in [-0.15, -0.1) is 0 Å². The van der Waals surface area contributed by atoms with E-state index >= 15 is 0 Å². The van der Waals surface area contributed by atoms with Crippen LogP contribution in [0.15, 0.2) is 0 Å². The third-order valence-electron chi connectivity index (χ3n) is 3.04.